The molecule has 1 aromatic rings. The Labute approximate surface area is 133 Å². The maximum Gasteiger partial charge on any atom is 0.0471 e. The van der Waals surface area contributed by atoms with Crippen LogP contribution in [0.4, 0.5) is 5.69 Å². The Hall–Kier alpha value is -0.380. The molecule has 1 rings (SSSR count). The van der Waals surface area contributed by atoms with Gasteiger partial charge >= 0.3 is 0 Å². The number of hydrogen-bond acceptors (Lipinski definition) is 3. The van der Waals surface area contributed by atoms with Gasteiger partial charge in [0.1, 0.15) is 0 Å². The quantitative estimate of drug-likeness (QED) is 0.679. The monoisotopic (exact) mass is 314 g/mol. The lowest BCUT2D eigenvalue weighted by atomic mass is 10.1. The summed E-state index contributed by atoms with van der Waals surface area (Å²) in [5.74, 6) is 1.19. The molecular formula is C16H27ClN2S. The highest BCUT2D eigenvalue weighted by atomic mass is 35.5. The first-order valence-electron chi connectivity index (χ1n) is 7.31. The van der Waals surface area contributed by atoms with Crippen LogP contribution >= 0.6 is 23.4 Å². The number of halogens is 1. The maximum absolute atomic E-state index is 6.39. The van der Waals surface area contributed by atoms with Crippen molar-refractivity contribution in [3.8, 4) is 0 Å². The van der Waals surface area contributed by atoms with Crippen molar-refractivity contribution in [1.29, 1.82) is 0 Å². The van der Waals surface area contributed by atoms with Gasteiger partial charge in [0.25, 0.3) is 0 Å². The summed E-state index contributed by atoms with van der Waals surface area (Å²) in [7, 11) is 2.17. The molecule has 0 spiro atoms. The zero-order valence-electron chi connectivity index (χ0n) is 13.1. The topological polar surface area (TPSA) is 15.3 Å². The fraction of sp³-hybridized carbons (Fsp3) is 0.625. The fourth-order valence-corrected chi connectivity index (χ4v) is 2.98. The van der Waals surface area contributed by atoms with Crippen LogP contribution in [-0.2, 0) is 6.54 Å². The lowest BCUT2D eigenvalue weighted by Crippen LogP contribution is -2.31. The maximum atomic E-state index is 6.39. The van der Waals surface area contributed by atoms with Gasteiger partial charge in [0.2, 0.25) is 0 Å². The molecule has 1 atom stereocenters. The third-order valence-corrected chi connectivity index (χ3v) is 4.60. The van der Waals surface area contributed by atoms with E-state index in [4.69, 9.17) is 11.6 Å². The first-order valence-corrected chi connectivity index (χ1v) is 9.08. The van der Waals surface area contributed by atoms with Crippen LogP contribution in [0, 0.1) is 0 Å². The molecule has 1 aromatic carbocycles. The third kappa shape index (κ3) is 5.19. The number of nitrogens with zero attached hydrogens (tertiary/aromatic N) is 1. The summed E-state index contributed by atoms with van der Waals surface area (Å²) in [5, 5.41) is 4.31. The molecule has 1 N–H and O–H groups in total. The molecular weight excluding hydrogens is 288 g/mol. The zero-order valence-corrected chi connectivity index (χ0v) is 14.7. The van der Waals surface area contributed by atoms with Crippen LogP contribution in [0.15, 0.2) is 18.2 Å². The predicted octanol–water partition coefficient (Wildman–Crippen LogP) is 4.42. The van der Waals surface area contributed by atoms with E-state index in [1.807, 2.05) is 23.9 Å². The van der Waals surface area contributed by atoms with Crippen molar-refractivity contribution in [2.45, 2.75) is 39.3 Å². The van der Waals surface area contributed by atoms with Gasteiger partial charge in [-0.25, -0.2) is 0 Å². The smallest absolute Gasteiger partial charge is 0.0471 e. The number of hydrogen-bond donors (Lipinski definition) is 1. The number of thioether (sulfide) groups is 1. The summed E-state index contributed by atoms with van der Waals surface area (Å²) in [4.78, 5) is 2.35. The SMILES string of the molecule is CCCNCc1c(Cl)cccc1N(C)C(C)CCSC. The lowest BCUT2D eigenvalue weighted by Gasteiger charge is -2.29. The van der Waals surface area contributed by atoms with E-state index >= 15 is 0 Å². The molecule has 0 heterocycles. The minimum atomic E-state index is 0.519. The van der Waals surface area contributed by atoms with Gasteiger partial charge in [0.15, 0.2) is 0 Å². The van der Waals surface area contributed by atoms with Crippen LogP contribution in [0.1, 0.15) is 32.3 Å². The number of nitrogens with one attached hydrogen (secondary N) is 1. The fourth-order valence-electron chi connectivity index (χ4n) is 2.16. The Kier molecular flexibility index (Phi) is 8.43. The summed E-state index contributed by atoms with van der Waals surface area (Å²) in [5.41, 5.74) is 2.45. The minimum Gasteiger partial charge on any atom is -0.372 e. The molecule has 0 radical (unpaired) electrons. The molecule has 114 valence electrons. The van der Waals surface area contributed by atoms with Crippen molar-refractivity contribution < 1.29 is 0 Å². The number of rotatable bonds is 9. The van der Waals surface area contributed by atoms with Crippen molar-refractivity contribution in [2.75, 3.05) is 30.5 Å². The first kappa shape index (κ1) is 17.7. The van der Waals surface area contributed by atoms with E-state index < -0.39 is 0 Å². The van der Waals surface area contributed by atoms with Crippen LogP contribution in [0.5, 0.6) is 0 Å². The summed E-state index contributed by atoms with van der Waals surface area (Å²) in [6, 6.07) is 6.71. The van der Waals surface area contributed by atoms with Crippen molar-refractivity contribution in [2.24, 2.45) is 0 Å². The molecule has 0 aliphatic carbocycles. The second kappa shape index (κ2) is 9.54. The molecule has 0 fully saturated rings. The molecule has 0 aromatic heterocycles. The van der Waals surface area contributed by atoms with Gasteiger partial charge in [-0.2, -0.15) is 11.8 Å². The number of anilines is 1. The second-order valence-electron chi connectivity index (χ2n) is 5.16. The Balaban J connectivity index is 2.83. The van der Waals surface area contributed by atoms with E-state index in [9.17, 15) is 0 Å². The molecule has 0 aliphatic heterocycles. The Bertz CT molecular complexity index is 398. The predicted molar refractivity (Wildman–Crippen MR) is 94.3 cm³/mol. The van der Waals surface area contributed by atoms with E-state index in [1.165, 1.54) is 23.4 Å². The molecule has 1 unspecified atom stereocenters. The molecule has 0 saturated carbocycles. The van der Waals surface area contributed by atoms with Crippen LogP contribution < -0.4 is 10.2 Å². The highest BCUT2D eigenvalue weighted by molar-refractivity contribution is 7.98. The van der Waals surface area contributed by atoms with Gasteiger partial charge in [-0.05, 0) is 50.5 Å². The standard InChI is InChI=1S/C16H27ClN2S/c1-5-10-18-12-14-15(17)7-6-8-16(14)19(3)13(2)9-11-20-4/h6-8,13,18H,5,9-12H2,1-4H3. The molecule has 4 heteroatoms. The van der Waals surface area contributed by atoms with Crippen LogP contribution in [0.3, 0.4) is 0 Å². The first-order chi connectivity index (χ1) is 9.61. The Morgan fingerprint density at radius 3 is 2.80 bits per heavy atom. The van der Waals surface area contributed by atoms with Crippen molar-refractivity contribution in [3.63, 3.8) is 0 Å². The van der Waals surface area contributed by atoms with E-state index in [2.05, 4.69) is 43.4 Å². The van der Waals surface area contributed by atoms with Gasteiger partial charge in [0, 0.05) is 35.9 Å². The van der Waals surface area contributed by atoms with Gasteiger partial charge in [-0.15, -0.1) is 0 Å². The molecule has 0 bridgehead atoms. The highest BCUT2D eigenvalue weighted by Gasteiger charge is 2.15. The van der Waals surface area contributed by atoms with E-state index in [0.29, 0.717) is 6.04 Å². The van der Waals surface area contributed by atoms with Crippen molar-refractivity contribution >= 4 is 29.1 Å². The lowest BCUT2D eigenvalue weighted by molar-refractivity contribution is 0.650. The minimum absolute atomic E-state index is 0.519. The normalized spacial score (nSPS) is 12.4. The largest absolute Gasteiger partial charge is 0.372 e. The number of benzene rings is 1. The van der Waals surface area contributed by atoms with Gasteiger partial charge in [0.05, 0.1) is 0 Å². The summed E-state index contributed by atoms with van der Waals surface area (Å²) in [6.45, 7) is 6.32. The molecule has 0 amide bonds. The van der Waals surface area contributed by atoms with Crippen molar-refractivity contribution in [3.05, 3.63) is 28.8 Å². The van der Waals surface area contributed by atoms with E-state index in [-0.39, 0.29) is 0 Å². The summed E-state index contributed by atoms with van der Waals surface area (Å²) >= 11 is 8.29. The molecule has 0 aliphatic rings. The second-order valence-corrected chi connectivity index (χ2v) is 6.55. The Morgan fingerprint density at radius 2 is 2.15 bits per heavy atom. The molecule has 0 saturated heterocycles. The summed E-state index contributed by atoms with van der Waals surface area (Å²) in [6.07, 6.45) is 4.48. The van der Waals surface area contributed by atoms with Gasteiger partial charge < -0.3 is 10.2 Å². The highest BCUT2D eigenvalue weighted by Crippen LogP contribution is 2.28. The van der Waals surface area contributed by atoms with E-state index in [1.54, 1.807) is 0 Å². The summed E-state index contributed by atoms with van der Waals surface area (Å²) < 4.78 is 0. The average molecular weight is 315 g/mol. The molecule has 2 nitrogen and oxygen atoms in total. The zero-order chi connectivity index (χ0) is 15.0. The van der Waals surface area contributed by atoms with Crippen LogP contribution in [0.2, 0.25) is 5.02 Å². The Morgan fingerprint density at radius 1 is 1.40 bits per heavy atom. The van der Waals surface area contributed by atoms with Crippen LogP contribution in [0.25, 0.3) is 0 Å². The average Bonchev–Trinajstić information content (AvgIpc) is 2.45. The molecule has 20 heavy (non-hydrogen) atoms. The van der Waals surface area contributed by atoms with Crippen LogP contribution in [-0.4, -0.2) is 31.6 Å². The third-order valence-electron chi connectivity index (χ3n) is 3.60. The van der Waals surface area contributed by atoms with E-state index in [0.717, 1.165) is 24.5 Å². The van der Waals surface area contributed by atoms with Gasteiger partial charge in [-0.3, -0.25) is 0 Å². The van der Waals surface area contributed by atoms with Crippen molar-refractivity contribution in [1.82, 2.24) is 5.32 Å². The van der Waals surface area contributed by atoms with Gasteiger partial charge in [-0.1, -0.05) is 24.6 Å².